The van der Waals surface area contributed by atoms with Gasteiger partial charge in [0.2, 0.25) is 5.95 Å². The van der Waals surface area contributed by atoms with Gasteiger partial charge in [-0.1, -0.05) is 48.5 Å². The van der Waals surface area contributed by atoms with E-state index in [0.717, 1.165) is 47.3 Å². The van der Waals surface area contributed by atoms with Crippen LogP contribution in [-0.4, -0.2) is 36.6 Å². The van der Waals surface area contributed by atoms with Crippen LogP contribution >= 0.6 is 0 Å². The van der Waals surface area contributed by atoms with E-state index in [4.69, 9.17) is 9.17 Å². The first-order chi connectivity index (χ1) is 17.1. The largest absolute Gasteiger partial charge is 0.384 e. The van der Waals surface area contributed by atoms with E-state index in [2.05, 4.69) is 36.0 Å². The Bertz CT molecular complexity index is 1300. The number of aryl methyl sites for hydroxylation is 2. The second-order valence-electron chi connectivity index (χ2n) is 10.0. The van der Waals surface area contributed by atoms with Crippen molar-refractivity contribution < 1.29 is 12.6 Å². The summed E-state index contributed by atoms with van der Waals surface area (Å²) in [6.07, 6.45) is 4.87. The molecule has 2 heterocycles. The molecule has 2 aromatic carbocycles. The lowest BCUT2D eigenvalue weighted by Crippen LogP contribution is -2.48. The zero-order valence-electron chi connectivity index (χ0n) is 21.1. The predicted octanol–water partition coefficient (Wildman–Crippen LogP) is 5.25. The van der Waals surface area contributed by atoms with Gasteiger partial charge in [-0.25, -0.2) is 9.97 Å². The summed E-state index contributed by atoms with van der Waals surface area (Å²) < 4.78 is 29.8. The van der Waals surface area contributed by atoms with Crippen LogP contribution in [0.5, 0.6) is 0 Å². The van der Waals surface area contributed by atoms with Crippen molar-refractivity contribution in [1.29, 1.82) is 0 Å². The number of aromatic nitrogens is 2. The van der Waals surface area contributed by atoms with Crippen LogP contribution in [0, 0.1) is 6.92 Å². The van der Waals surface area contributed by atoms with Crippen molar-refractivity contribution in [2.75, 3.05) is 11.9 Å². The van der Waals surface area contributed by atoms with Crippen LogP contribution in [0.1, 0.15) is 44.2 Å². The van der Waals surface area contributed by atoms with Crippen LogP contribution in [0.3, 0.4) is 0 Å². The van der Waals surface area contributed by atoms with E-state index in [1.165, 1.54) is 0 Å². The van der Waals surface area contributed by atoms with E-state index in [-0.39, 0.29) is 23.1 Å². The molecule has 1 atom stereocenters. The molecule has 1 aromatic heterocycles. The van der Waals surface area contributed by atoms with E-state index < -0.39 is 10.1 Å². The normalized spacial score (nSPS) is 17.4. The number of piperidine rings is 1. The summed E-state index contributed by atoms with van der Waals surface area (Å²) in [7, 11) is -3.73. The molecular weight excluding hydrogens is 472 g/mol. The second-order valence-corrected chi connectivity index (χ2v) is 11.6. The van der Waals surface area contributed by atoms with Gasteiger partial charge >= 0.3 is 0 Å². The Labute approximate surface area is 214 Å². The van der Waals surface area contributed by atoms with Gasteiger partial charge in [0.25, 0.3) is 10.1 Å². The smallest absolute Gasteiger partial charge is 0.296 e. The number of hydrogen-bond donors (Lipinski definition) is 2. The van der Waals surface area contributed by atoms with Crippen LogP contribution in [0.4, 0.5) is 5.95 Å². The van der Waals surface area contributed by atoms with Crippen LogP contribution in [-0.2, 0) is 20.7 Å². The maximum atomic E-state index is 12.3. The van der Waals surface area contributed by atoms with Crippen molar-refractivity contribution in [1.82, 2.24) is 15.3 Å². The zero-order chi connectivity index (χ0) is 25.8. The minimum atomic E-state index is -3.73. The summed E-state index contributed by atoms with van der Waals surface area (Å²) >= 11 is 0. The summed E-state index contributed by atoms with van der Waals surface area (Å²) in [6.45, 7) is 10.5. The first kappa shape index (κ1) is 25.9. The van der Waals surface area contributed by atoms with Gasteiger partial charge in [-0.3, -0.25) is 4.18 Å². The number of anilines is 1. The molecule has 36 heavy (non-hydrogen) atoms. The van der Waals surface area contributed by atoms with Gasteiger partial charge in [-0.2, -0.15) is 8.42 Å². The molecule has 4 rings (SSSR count). The summed E-state index contributed by atoms with van der Waals surface area (Å²) in [5, 5.41) is 6.90. The molecule has 7 nitrogen and oxygen atoms in total. The highest BCUT2D eigenvalue weighted by atomic mass is 32.2. The number of nitrogens with one attached hydrogen (secondary N) is 2. The van der Waals surface area contributed by atoms with Gasteiger partial charge in [0, 0.05) is 35.5 Å². The standard InChI is InChI=1S/C28H34N4O3S/c1-20-7-13-25(14-8-20)36(33,34)35-17-5-6-22-9-11-23(12-10-22)26-15-16-29-27(31-26)30-24-18-21(2)32-28(3,4)19-24/h7-16,24,32H,2,5-6,17-19H2,1,3-4H3,(H,29,30,31). The topological polar surface area (TPSA) is 93.2 Å². The molecule has 0 amide bonds. The highest BCUT2D eigenvalue weighted by Crippen LogP contribution is 2.26. The van der Waals surface area contributed by atoms with Gasteiger partial charge in [0.15, 0.2) is 0 Å². The van der Waals surface area contributed by atoms with Crippen LogP contribution in [0.25, 0.3) is 11.3 Å². The molecular formula is C28H34N4O3S. The summed E-state index contributed by atoms with van der Waals surface area (Å²) in [5.74, 6) is 0.610. The molecule has 0 bridgehead atoms. The average Bonchev–Trinajstić information content (AvgIpc) is 2.81. The Morgan fingerprint density at radius 2 is 1.83 bits per heavy atom. The summed E-state index contributed by atoms with van der Waals surface area (Å²) in [5.41, 5.74) is 4.96. The first-order valence-corrected chi connectivity index (χ1v) is 13.6. The molecule has 1 unspecified atom stereocenters. The fourth-order valence-corrected chi connectivity index (χ4v) is 5.44. The Hall–Kier alpha value is -3.23. The van der Waals surface area contributed by atoms with Crippen LogP contribution in [0.2, 0.25) is 0 Å². The van der Waals surface area contributed by atoms with Crippen molar-refractivity contribution in [3.8, 4) is 11.3 Å². The highest BCUT2D eigenvalue weighted by Gasteiger charge is 2.29. The molecule has 2 N–H and O–H groups in total. The zero-order valence-corrected chi connectivity index (χ0v) is 21.9. The van der Waals surface area contributed by atoms with Crippen LogP contribution in [0.15, 0.2) is 78.0 Å². The Balaban J connectivity index is 1.31. The van der Waals surface area contributed by atoms with Gasteiger partial charge in [-0.15, -0.1) is 0 Å². The molecule has 1 aliphatic heterocycles. The van der Waals surface area contributed by atoms with Crippen LogP contribution < -0.4 is 10.6 Å². The second kappa shape index (κ2) is 10.8. The number of benzene rings is 2. The fraction of sp³-hybridized carbons (Fsp3) is 0.357. The van der Waals surface area contributed by atoms with Crippen molar-refractivity contribution in [2.24, 2.45) is 0 Å². The summed E-state index contributed by atoms with van der Waals surface area (Å²) in [6, 6.07) is 16.9. The van der Waals surface area contributed by atoms with Gasteiger partial charge < -0.3 is 10.6 Å². The molecule has 190 valence electrons. The number of nitrogens with zero attached hydrogens (tertiary/aromatic N) is 2. The third-order valence-corrected chi connectivity index (χ3v) is 7.49. The Morgan fingerprint density at radius 3 is 2.53 bits per heavy atom. The lowest BCUT2D eigenvalue weighted by molar-refractivity contribution is 0.312. The maximum Gasteiger partial charge on any atom is 0.296 e. The molecule has 3 aromatic rings. The Kier molecular flexibility index (Phi) is 7.76. The predicted molar refractivity (Wildman–Crippen MR) is 143 cm³/mol. The van der Waals surface area contributed by atoms with Crippen molar-refractivity contribution in [3.63, 3.8) is 0 Å². The SMILES string of the molecule is C=C1CC(Nc2nccc(-c3ccc(CCCOS(=O)(=O)c4ccc(C)cc4)cc3)n2)CC(C)(C)N1. The molecule has 0 radical (unpaired) electrons. The maximum absolute atomic E-state index is 12.3. The third kappa shape index (κ3) is 6.92. The molecule has 8 heteroatoms. The van der Waals surface area contributed by atoms with E-state index in [1.54, 1.807) is 30.5 Å². The van der Waals surface area contributed by atoms with Crippen molar-refractivity contribution in [2.45, 2.75) is 62.9 Å². The van der Waals surface area contributed by atoms with E-state index >= 15 is 0 Å². The van der Waals surface area contributed by atoms with E-state index in [9.17, 15) is 8.42 Å². The van der Waals surface area contributed by atoms with E-state index in [1.807, 2.05) is 37.3 Å². The molecule has 0 saturated carbocycles. The minimum Gasteiger partial charge on any atom is -0.384 e. The lowest BCUT2D eigenvalue weighted by atomic mass is 9.88. The van der Waals surface area contributed by atoms with Gasteiger partial charge in [0.1, 0.15) is 0 Å². The van der Waals surface area contributed by atoms with E-state index in [0.29, 0.717) is 12.4 Å². The summed E-state index contributed by atoms with van der Waals surface area (Å²) in [4.78, 5) is 9.31. The fourth-order valence-electron chi connectivity index (χ4n) is 4.50. The van der Waals surface area contributed by atoms with Crippen molar-refractivity contribution in [3.05, 3.63) is 84.2 Å². The van der Waals surface area contributed by atoms with Crippen molar-refractivity contribution >= 4 is 16.1 Å². The molecule has 1 saturated heterocycles. The molecule has 0 aliphatic carbocycles. The van der Waals surface area contributed by atoms with Gasteiger partial charge in [0.05, 0.1) is 17.2 Å². The minimum absolute atomic E-state index is 0.0175. The highest BCUT2D eigenvalue weighted by molar-refractivity contribution is 7.86. The quantitative estimate of drug-likeness (QED) is 0.303. The monoisotopic (exact) mass is 506 g/mol. The number of rotatable bonds is 9. The number of hydrogen-bond acceptors (Lipinski definition) is 7. The lowest BCUT2D eigenvalue weighted by Gasteiger charge is -2.38. The molecule has 1 aliphatic rings. The molecule has 0 spiro atoms. The third-order valence-electron chi connectivity index (χ3n) is 6.16. The average molecular weight is 507 g/mol. The Morgan fingerprint density at radius 1 is 1.11 bits per heavy atom. The molecule has 1 fully saturated rings. The first-order valence-electron chi connectivity index (χ1n) is 12.2. The van der Waals surface area contributed by atoms with Gasteiger partial charge in [-0.05, 0) is 63.8 Å².